The molecular weight excluding hydrogens is 422 g/mol. The maximum Gasteiger partial charge on any atom is 0.250 e. The van der Waals surface area contributed by atoms with E-state index in [4.69, 9.17) is 5.73 Å². The third-order valence-electron chi connectivity index (χ3n) is 6.65. The van der Waals surface area contributed by atoms with Crippen LogP contribution in [0.25, 0.3) is 22.0 Å². The number of aromatic amines is 1. The van der Waals surface area contributed by atoms with E-state index in [9.17, 15) is 13.2 Å². The molecule has 1 aromatic heterocycles. The van der Waals surface area contributed by atoms with Crippen molar-refractivity contribution >= 4 is 26.8 Å². The van der Waals surface area contributed by atoms with Crippen molar-refractivity contribution < 1.29 is 13.2 Å². The van der Waals surface area contributed by atoms with Gasteiger partial charge >= 0.3 is 0 Å². The van der Waals surface area contributed by atoms with Gasteiger partial charge in [-0.3, -0.25) is 4.79 Å². The van der Waals surface area contributed by atoms with Gasteiger partial charge < -0.3 is 10.7 Å². The van der Waals surface area contributed by atoms with E-state index in [0.29, 0.717) is 24.6 Å². The molecule has 170 valence electrons. The fraction of sp³-hybridized carbons (Fsp3) is 0.400. The van der Waals surface area contributed by atoms with E-state index in [0.717, 1.165) is 40.4 Å². The first-order chi connectivity index (χ1) is 15.2. The molecule has 4 rings (SSSR count). The molecule has 1 fully saturated rings. The summed E-state index contributed by atoms with van der Waals surface area (Å²) in [6.07, 6.45) is 3.47. The normalized spacial score (nSPS) is 16.1. The zero-order chi connectivity index (χ0) is 23.0. The topological polar surface area (TPSA) is 96.3 Å². The van der Waals surface area contributed by atoms with E-state index >= 15 is 0 Å². The maximum absolute atomic E-state index is 12.2. The molecule has 7 heteroatoms. The number of nitrogens with zero attached hydrogens (tertiary/aromatic N) is 1. The number of carbonyl (C=O) groups is 1. The number of primary amides is 1. The number of nitrogens with one attached hydrogen (secondary N) is 1. The lowest BCUT2D eigenvalue weighted by Gasteiger charge is -2.31. The predicted octanol–water partition coefficient (Wildman–Crippen LogP) is 4.59. The van der Waals surface area contributed by atoms with Gasteiger partial charge in [0.1, 0.15) is 0 Å². The average Bonchev–Trinajstić information content (AvgIpc) is 3.22. The molecule has 1 saturated heterocycles. The minimum Gasteiger partial charge on any atom is -0.366 e. The zero-order valence-corrected chi connectivity index (χ0v) is 19.7. The number of hydrogen-bond acceptors (Lipinski definition) is 3. The SMILES string of the molecule is CCS(=O)(=O)N1CCC(c2c[nH]c3c(C(N)=O)cc(-c4ccc(C(C)C)cc4)cc23)CC1. The number of carbonyl (C=O) groups excluding carboxylic acids is 1. The van der Waals surface area contributed by atoms with Crippen LogP contribution in [-0.4, -0.2) is 42.5 Å². The summed E-state index contributed by atoms with van der Waals surface area (Å²) in [6.45, 7) is 7.05. The highest BCUT2D eigenvalue weighted by Gasteiger charge is 2.29. The second-order valence-electron chi connectivity index (χ2n) is 8.91. The van der Waals surface area contributed by atoms with Gasteiger partial charge in [-0.25, -0.2) is 12.7 Å². The Bertz CT molecular complexity index is 1240. The summed E-state index contributed by atoms with van der Waals surface area (Å²) in [5.74, 6) is 0.344. The van der Waals surface area contributed by atoms with Gasteiger partial charge in [-0.2, -0.15) is 0 Å². The van der Waals surface area contributed by atoms with E-state index in [1.165, 1.54) is 5.56 Å². The third-order valence-corrected chi connectivity index (χ3v) is 8.53. The lowest BCUT2D eigenvalue weighted by atomic mass is 9.88. The molecule has 6 nitrogen and oxygen atoms in total. The van der Waals surface area contributed by atoms with Crippen LogP contribution in [0.2, 0.25) is 0 Å². The summed E-state index contributed by atoms with van der Waals surface area (Å²) in [6, 6.07) is 12.4. The molecule has 3 aromatic rings. The number of piperidine rings is 1. The van der Waals surface area contributed by atoms with Crippen molar-refractivity contribution in [3.05, 3.63) is 59.3 Å². The molecule has 0 atom stereocenters. The molecule has 1 amide bonds. The average molecular weight is 454 g/mol. The number of sulfonamides is 1. The number of aromatic nitrogens is 1. The van der Waals surface area contributed by atoms with Crippen molar-refractivity contribution in [2.24, 2.45) is 5.73 Å². The Morgan fingerprint density at radius 3 is 2.34 bits per heavy atom. The van der Waals surface area contributed by atoms with E-state index < -0.39 is 15.9 Å². The highest BCUT2D eigenvalue weighted by atomic mass is 32.2. The first kappa shape index (κ1) is 22.6. The number of hydrogen-bond donors (Lipinski definition) is 2. The van der Waals surface area contributed by atoms with Gasteiger partial charge in [0.2, 0.25) is 10.0 Å². The number of rotatable bonds is 6. The molecular formula is C25H31N3O3S. The molecule has 2 heterocycles. The van der Waals surface area contributed by atoms with Gasteiger partial charge in [-0.15, -0.1) is 0 Å². The first-order valence-corrected chi connectivity index (χ1v) is 12.8. The van der Waals surface area contributed by atoms with Crippen LogP contribution in [-0.2, 0) is 10.0 Å². The number of nitrogens with two attached hydrogens (primary N) is 1. The van der Waals surface area contributed by atoms with Crippen molar-refractivity contribution in [1.82, 2.24) is 9.29 Å². The first-order valence-electron chi connectivity index (χ1n) is 11.2. The van der Waals surface area contributed by atoms with Crippen LogP contribution in [0.1, 0.15) is 66.9 Å². The summed E-state index contributed by atoms with van der Waals surface area (Å²) in [4.78, 5) is 15.5. The highest BCUT2D eigenvalue weighted by molar-refractivity contribution is 7.89. The van der Waals surface area contributed by atoms with E-state index in [-0.39, 0.29) is 11.7 Å². The summed E-state index contributed by atoms with van der Waals surface area (Å²) < 4.78 is 26.0. The van der Waals surface area contributed by atoms with Crippen molar-refractivity contribution in [3.8, 4) is 11.1 Å². The third kappa shape index (κ3) is 4.19. The van der Waals surface area contributed by atoms with E-state index in [1.54, 1.807) is 11.2 Å². The summed E-state index contributed by atoms with van der Waals surface area (Å²) in [5, 5.41) is 0.987. The summed E-state index contributed by atoms with van der Waals surface area (Å²) in [7, 11) is -3.16. The largest absolute Gasteiger partial charge is 0.366 e. The van der Waals surface area contributed by atoms with Gasteiger partial charge in [0.15, 0.2) is 0 Å². The Kier molecular flexibility index (Phi) is 6.14. The zero-order valence-electron chi connectivity index (χ0n) is 18.9. The van der Waals surface area contributed by atoms with Gasteiger partial charge in [0.05, 0.1) is 16.8 Å². The van der Waals surface area contributed by atoms with Gasteiger partial charge in [-0.05, 0) is 66.0 Å². The van der Waals surface area contributed by atoms with Crippen molar-refractivity contribution in [2.45, 2.75) is 45.4 Å². The quantitative estimate of drug-likeness (QED) is 0.571. The van der Waals surface area contributed by atoms with Crippen molar-refractivity contribution in [1.29, 1.82) is 0 Å². The van der Waals surface area contributed by atoms with Crippen LogP contribution in [0.4, 0.5) is 0 Å². The van der Waals surface area contributed by atoms with Crippen molar-refractivity contribution in [2.75, 3.05) is 18.8 Å². The molecule has 0 saturated carbocycles. The Morgan fingerprint density at radius 2 is 1.78 bits per heavy atom. The number of fused-ring (bicyclic) bond motifs is 1. The molecule has 0 unspecified atom stereocenters. The lowest BCUT2D eigenvalue weighted by Crippen LogP contribution is -2.38. The van der Waals surface area contributed by atoms with Crippen LogP contribution >= 0.6 is 0 Å². The molecule has 32 heavy (non-hydrogen) atoms. The van der Waals surface area contributed by atoms with Gasteiger partial charge in [0, 0.05) is 24.7 Å². The molecule has 0 aliphatic carbocycles. The number of H-pyrrole nitrogens is 1. The standard InChI is InChI=1S/C25H31N3O3S/c1-4-32(30,31)28-11-9-19(10-12-28)23-15-27-24-21(23)13-20(14-22(24)25(26)29)18-7-5-17(6-8-18)16(2)3/h5-8,13-16,19,27H,4,9-12H2,1-3H3,(H2,26,29). The molecule has 1 aliphatic heterocycles. The molecule has 0 radical (unpaired) electrons. The fourth-order valence-corrected chi connectivity index (χ4v) is 5.77. The fourth-order valence-electron chi connectivity index (χ4n) is 4.64. The minimum absolute atomic E-state index is 0.131. The van der Waals surface area contributed by atoms with Crippen LogP contribution in [0.5, 0.6) is 0 Å². The Balaban J connectivity index is 1.72. The van der Waals surface area contributed by atoms with Crippen LogP contribution in [0.3, 0.4) is 0 Å². The molecule has 3 N–H and O–H groups in total. The van der Waals surface area contributed by atoms with Crippen LogP contribution in [0, 0.1) is 0 Å². The van der Waals surface area contributed by atoms with Gasteiger partial charge in [0.25, 0.3) is 5.91 Å². The summed E-state index contributed by atoms with van der Waals surface area (Å²) >= 11 is 0. The second-order valence-corrected chi connectivity index (χ2v) is 11.2. The smallest absolute Gasteiger partial charge is 0.250 e. The highest BCUT2D eigenvalue weighted by Crippen LogP contribution is 2.37. The molecule has 0 bridgehead atoms. The van der Waals surface area contributed by atoms with Crippen LogP contribution in [0.15, 0.2) is 42.6 Å². The Labute approximate surface area is 189 Å². The van der Waals surface area contributed by atoms with E-state index in [1.807, 2.05) is 12.3 Å². The second kappa shape index (κ2) is 8.71. The molecule has 1 aliphatic rings. The number of amides is 1. The monoisotopic (exact) mass is 453 g/mol. The molecule has 0 spiro atoms. The Morgan fingerprint density at radius 1 is 1.12 bits per heavy atom. The van der Waals surface area contributed by atoms with Crippen molar-refractivity contribution in [3.63, 3.8) is 0 Å². The molecule has 2 aromatic carbocycles. The van der Waals surface area contributed by atoms with E-state index in [2.05, 4.69) is 49.2 Å². The minimum atomic E-state index is -3.16. The predicted molar refractivity (Wildman–Crippen MR) is 129 cm³/mol. The number of benzene rings is 2. The maximum atomic E-state index is 12.2. The van der Waals surface area contributed by atoms with Gasteiger partial charge in [-0.1, -0.05) is 38.1 Å². The lowest BCUT2D eigenvalue weighted by molar-refractivity contribution is 0.100. The Hall–Kier alpha value is -2.64. The summed E-state index contributed by atoms with van der Waals surface area (Å²) in [5.41, 5.74) is 11.3. The van der Waals surface area contributed by atoms with Crippen LogP contribution < -0.4 is 5.73 Å².